The third kappa shape index (κ3) is 5.61. The summed E-state index contributed by atoms with van der Waals surface area (Å²) >= 11 is 0. The quantitative estimate of drug-likeness (QED) is 0.707. The highest BCUT2D eigenvalue weighted by atomic mass is 14.9. The first-order valence-electron chi connectivity index (χ1n) is 7.14. The van der Waals surface area contributed by atoms with Crippen molar-refractivity contribution in [1.82, 2.24) is 10.3 Å². The van der Waals surface area contributed by atoms with Crippen LogP contribution in [0.5, 0.6) is 0 Å². The van der Waals surface area contributed by atoms with Crippen molar-refractivity contribution in [3.05, 3.63) is 29.6 Å². The first-order chi connectivity index (χ1) is 8.80. The summed E-state index contributed by atoms with van der Waals surface area (Å²) in [6.45, 7) is 7.07. The Morgan fingerprint density at radius 3 is 2.89 bits per heavy atom. The summed E-state index contributed by atoms with van der Waals surface area (Å²) in [5, 5.41) is 3.54. The Morgan fingerprint density at radius 2 is 2.22 bits per heavy atom. The minimum absolute atomic E-state index is 0.516. The van der Waals surface area contributed by atoms with E-state index in [2.05, 4.69) is 36.3 Å². The van der Waals surface area contributed by atoms with Gasteiger partial charge in [-0.05, 0) is 36.6 Å². The molecule has 18 heavy (non-hydrogen) atoms. The van der Waals surface area contributed by atoms with Gasteiger partial charge in [0.15, 0.2) is 0 Å². The van der Waals surface area contributed by atoms with E-state index < -0.39 is 0 Å². The smallest absolute Gasteiger partial charge is 0.0542 e. The normalized spacial score (nSPS) is 12.6. The lowest BCUT2D eigenvalue weighted by atomic mass is 9.99. The number of nitrogens with one attached hydrogen (secondary N) is 1. The summed E-state index contributed by atoms with van der Waals surface area (Å²) in [6.07, 6.45) is 7.07. The van der Waals surface area contributed by atoms with Gasteiger partial charge in [-0.25, -0.2) is 0 Å². The molecule has 1 unspecified atom stereocenters. The fourth-order valence-electron chi connectivity index (χ4n) is 2.11. The van der Waals surface area contributed by atoms with Crippen molar-refractivity contribution in [3.63, 3.8) is 0 Å². The van der Waals surface area contributed by atoms with E-state index >= 15 is 0 Å². The second kappa shape index (κ2) is 9.06. The number of unbranched alkanes of at least 4 members (excludes halogenated alkanes) is 1. The lowest BCUT2D eigenvalue weighted by molar-refractivity contribution is 0.419. The average Bonchev–Trinajstić information content (AvgIpc) is 2.43. The second-order valence-corrected chi connectivity index (χ2v) is 4.91. The third-order valence-corrected chi connectivity index (χ3v) is 3.40. The molecule has 3 heteroatoms. The Hall–Kier alpha value is -0.930. The maximum atomic E-state index is 5.59. The molecule has 0 aliphatic rings. The molecule has 0 fully saturated rings. The minimum Gasteiger partial charge on any atom is -0.325 e. The maximum absolute atomic E-state index is 5.59. The van der Waals surface area contributed by atoms with Crippen LogP contribution in [-0.2, 0) is 13.1 Å². The topological polar surface area (TPSA) is 50.9 Å². The van der Waals surface area contributed by atoms with Gasteiger partial charge in [-0.2, -0.15) is 0 Å². The van der Waals surface area contributed by atoms with Gasteiger partial charge in [0.2, 0.25) is 0 Å². The molecule has 0 aromatic carbocycles. The molecule has 0 radical (unpaired) electrons. The predicted molar refractivity (Wildman–Crippen MR) is 77.1 cm³/mol. The zero-order chi connectivity index (χ0) is 13.2. The van der Waals surface area contributed by atoms with Crippen LogP contribution in [0.15, 0.2) is 18.3 Å². The summed E-state index contributed by atoms with van der Waals surface area (Å²) in [4.78, 5) is 4.20. The van der Waals surface area contributed by atoms with Gasteiger partial charge < -0.3 is 11.1 Å². The molecule has 1 aromatic rings. The standard InChI is InChI=1S/C15H27N3/c1-3-5-6-13(4-2)11-17-12-14-7-8-18-15(9-14)10-16/h7-9,13,17H,3-6,10-12,16H2,1-2H3. The monoisotopic (exact) mass is 249 g/mol. The molecule has 102 valence electrons. The van der Waals surface area contributed by atoms with Gasteiger partial charge in [-0.15, -0.1) is 0 Å². The largest absolute Gasteiger partial charge is 0.325 e. The molecule has 0 amide bonds. The molecule has 1 aromatic heterocycles. The van der Waals surface area contributed by atoms with E-state index in [4.69, 9.17) is 5.73 Å². The van der Waals surface area contributed by atoms with E-state index in [1.165, 1.54) is 31.2 Å². The SMILES string of the molecule is CCCCC(CC)CNCc1ccnc(CN)c1. The average molecular weight is 249 g/mol. The molecule has 0 bridgehead atoms. The molecule has 1 rings (SSSR count). The third-order valence-electron chi connectivity index (χ3n) is 3.40. The van der Waals surface area contributed by atoms with Gasteiger partial charge in [-0.1, -0.05) is 33.1 Å². The van der Waals surface area contributed by atoms with Gasteiger partial charge in [0.05, 0.1) is 5.69 Å². The van der Waals surface area contributed by atoms with E-state index in [9.17, 15) is 0 Å². The minimum atomic E-state index is 0.516. The predicted octanol–water partition coefficient (Wildman–Crippen LogP) is 2.85. The number of hydrogen-bond donors (Lipinski definition) is 2. The highest BCUT2D eigenvalue weighted by Gasteiger charge is 2.05. The lowest BCUT2D eigenvalue weighted by Crippen LogP contribution is -2.22. The highest BCUT2D eigenvalue weighted by Crippen LogP contribution is 2.11. The Morgan fingerprint density at radius 1 is 1.39 bits per heavy atom. The summed E-state index contributed by atoms with van der Waals surface area (Å²) in [5.41, 5.74) is 7.83. The van der Waals surface area contributed by atoms with Gasteiger partial charge in [0, 0.05) is 19.3 Å². The fourth-order valence-corrected chi connectivity index (χ4v) is 2.11. The number of nitrogens with zero attached hydrogens (tertiary/aromatic N) is 1. The van der Waals surface area contributed by atoms with Gasteiger partial charge in [0.25, 0.3) is 0 Å². The van der Waals surface area contributed by atoms with E-state index in [1.54, 1.807) is 0 Å². The van der Waals surface area contributed by atoms with Crippen LogP contribution in [0.2, 0.25) is 0 Å². The van der Waals surface area contributed by atoms with Gasteiger partial charge in [-0.3, -0.25) is 4.98 Å². The van der Waals surface area contributed by atoms with Crippen LogP contribution < -0.4 is 11.1 Å². The van der Waals surface area contributed by atoms with Crippen molar-refractivity contribution < 1.29 is 0 Å². The zero-order valence-corrected chi connectivity index (χ0v) is 11.8. The summed E-state index contributed by atoms with van der Waals surface area (Å²) in [7, 11) is 0. The van der Waals surface area contributed by atoms with Crippen molar-refractivity contribution in [2.24, 2.45) is 11.7 Å². The summed E-state index contributed by atoms with van der Waals surface area (Å²) in [6, 6.07) is 4.14. The Bertz CT molecular complexity index is 325. The fraction of sp³-hybridized carbons (Fsp3) is 0.667. The Kier molecular flexibility index (Phi) is 7.62. The van der Waals surface area contributed by atoms with Crippen molar-refractivity contribution in [3.8, 4) is 0 Å². The lowest BCUT2D eigenvalue weighted by Gasteiger charge is -2.15. The van der Waals surface area contributed by atoms with Crippen LogP contribution in [0.3, 0.4) is 0 Å². The van der Waals surface area contributed by atoms with E-state index in [0.29, 0.717) is 6.54 Å². The number of pyridine rings is 1. The molecule has 3 nitrogen and oxygen atoms in total. The van der Waals surface area contributed by atoms with Crippen LogP contribution >= 0.6 is 0 Å². The van der Waals surface area contributed by atoms with Crippen molar-refractivity contribution >= 4 is 0 Å². The first kappa shape index (κ1) is 15.1. The molecular formula is C15H27N3. The Balaban J connectivity index is 2.30. The maximum Gasteiger partial charge on any atom is 0.0542 e. The molecule has 0 aliphatic carbocycles. The summed E-state index contributed by atoms with van der Waals surface area (Å²) < 4.78 is 0. The van der Waals surface area contributed by atoms with Gasteiger partial charge >= 0.3 is 0 Å². The van der Waals surface area contributed by atoms with Crippen LogP contribution in [0.4, 0.5) is 0 Å². The van der Waals surface area contributed by atoms with Gasteiger partial charge in [0.1, 0.15) is 0 Å². The zero-order valence-electron chi connectivity index (χ0n) is 11.8. The van der Waals surface area contributed by atoms with Crippen molar-refractivity contribution in [2.45, 2.75) is 52.6 Å². The van der Waals surface area contributed by atoms with E-state index in [1.807, 2.05) is 6.20 Å². The number of hydrogen-bond acceptors (Lipinski definition) is 3. The Labute approximate surface area is 111 Å². The molecule has 3 N–H and O–H groups in total. The first-order valence-corrected chi connectivity index (χ1v) is 7.14. The molecular weight excluding hydrogens is 222 g/mol. The number of rotatable bonds is 9. The number of aromatic nitrogens is 1. The van der Waals surface area contributed by atoms with Crippen LogP contribution in [0.1, 0.15) is 50.8 Å². The molecule has 0 saturated carbocycles. The second-order valence-electron chi connectivity index (χ2n) is 4.91. The van der Waals surface area contributed by atoms with Crippen molar-refractivity contribution in [2.75, 3.05) is 6.54 Å². The molecule has 1 atom stereocenters. The van der Waals surface area contributed by atoms with E-state index in [-0.39, 0.29) is 0 Å². The molecule has 0 spiro atoms. The summed E-state index contributed by atoms with van der Waals surface area (Å²) in [5.74, 6) is 0.806. The number of nitrogens with two attached hydrogens (primary N) is 1. The van der Waals surface area contributed by atoms with Crippen LogP contribution in [-0.4, -0.2) is 11.5 Å². The van der Waals surface area contributed by atoms with Crippen molar-refractivity contribution in [1.29, 1.82) is 0 Å². The highest BCUT2D eigenvalue weighted by molar-refractivity contribution is 5.15. The van der Waals surface area contributed by atoms with Crippen LogP contribution in [0.25, 0.3) is 0 Å². The molecule has 0 aliphatic heterocycles. The molecule has 1 heterocycles. The van der Waals surface area contributed by atoms with Crippen LogP contribution in [0, 0.1) is 5.92 Å². The van der Waals surface area contributed by atoms with E-state index in [0.717, 1.165) is 24.7 Å². The molecule has 0 saturated heterocycles.